The molecule has 0 saturated carbocycles. The first-order valence-corrected chi connectivity index (χ1v) is 9.99. The number of nitriles is 1. The summed E-state index contributed by atoms with van der Waals surface area (Å²) in [6.07, 6.45) is 0.637. The molecular formula is C25H21N3O3. The van der Waals surface area contributed by atoms with Crippen LogP contribution in [0.2, 0.25) is 0 Å². The maximum absolute atomic E-state index is 12.8. The van der Waals surface area contributed by atoms with Crippen molar-refractivity contribution in [2.24, 2.45) is 0 Å². The van der Waals surface area contributed by atoms with Crippen LogP contribution in [0.1, 0.15) is 44.3 Å². The number of nitrogens with one attached hydrogen (secondary N) is 2. The summed E-state index contributed by atoms with van der Waals surface area (Å²) >= 11 is 0. The molecule has 1 heterocycles. The van der Waals surface area contributed by atoms with Gasteiger partial charge in [-0.25, -0.2) is 0 Å². The van der Waals surface area contributed by atoms with Gasteiger partial charge in [0.15, 0.2) is 0 Å². The van der Waals surface area contributed by atoms with Crippen molar-refractivity contribution in [3.8, 4) is 22.9 Å². The van der Waals surface area contributed by atoms with Gasteiger partial charge in [-0.1, -0.05) is 24.3 Å². The second-order valence-corrected chi connectivity index (χ2v) is 7.27. The highest BCUT2D eigenvalue weighted by molar-refractivity contribution is 5.95. The molecule has 3 aromatic carbocycles. The van der Waals surface area contributed by atoms with Crippen LogP contribution in [0.3, 0.4) is 0 Å². The van der Waals surface area contributed by atoms with E-state index in [0.29, 0.717) is 29.7 Å². The number of rotatable bonds is 4. The SMILES string of the molecule is CNC(=O)c1cccc(-c2ccc3c(c2)C(NC(=O)c2cccc(C#N)c2)CCO3)c1. The van der Waals surface area contributed by atoms with Gasteiger partial charge in [-0.15, -0.1) is 0 Å². The van der Waals surface area contributed by atoms with E-state index in [0.717, 1.165) is 22.4 Å². The van der Waals surface area contributed by atoms with E-state index >= 15 is 0 Å². The quantitative estimate of drug-likeness (QED) is 0.682. The van der Waals surface area contributed by atoms with E-state index in [2.05, 4.69) is 16.7 Å². The Balaban J connectivity index is 1.63. The van der Waals surface area contributed by atoms with Crippen LogP contribution < -0.4 is 15.4 Å². The minimum absolute atomic E-state index is 0.145. The lowest BCUT2D eigenvalue weighted by molar-refractivity contribution is 0.0923. The maximum Gasteiger partial charge on any atom is 0.251 e. The summed E-state index contributed by atoms with van der Waals surface area (Å²) in [5.74, 6) is 0.350. The van der Waals surface area contributed by atoms with Crippen molar-refractivity contribution in [2.75, 3.05) is 13.7 Å². The number of ether oxygens (including phenoxy) is 1. The molecule has 0 spiro atoms. The molecule has 4 rings (SSSR count). The summed E-state index contributed by atoms with van der Waals surface area (Å²) in [7, 11) is 1.60. The van der Waals surface area contributed by atoms with Crippen LogP contribution in [-0.4, -0.2) is 25.5 Å². The molecule has 154 valence electrons. The largest absolute Gasteiger partial charge is 0.493 e. The van der Waals surface area contributed by atoms with Gasteiger partial charge in [-0.3, -0.25) is 9.59 Å². The lowest BCUT2D eigenvalue weighted by atomic mass is 9.94. The first kappa shape index (κ1) is 20.2. The Morgan fingerprint density at radius 1 is 0.968 bits per heavy atom. The van der Waals surface area contributed by atoms with Gasteiger partial charge < -0.3 is 15.4 Å². The van der Waals surface area contributed by atoms with E-state index in [4.69, 9.17) is 10.00 Å². The molecular weight excluding hydrogens is 390 g/mol. The first-order chi connectivity index (χ1) is 15.1. The van der Waals surface area contributed by atoms with Gasteiger partial charge in [-0.05, 0) is 53.6 Å². The molecule has 2 N–H and O–H groups in total. The van der Waals surface area contributed by atoms with Crippen LogP contribution >= 0.6 is 0 Å². The molecule has 1 atom stereocenters. The molecule has 0 saturated heterocycles. The summed E-state index contributed by atoms with van der Waals surface area (Å²) in [4.78, 5) is 24.8. The molecule has 6 heteroatoms. The summed E-state index contributed by atoms with van der Waals surface area (Å²) in [6.45, 7) is 0.502. The van der Waals surface area contributed by atoms with Crippen molar-refractivity contribution >= 4 is 11.8 Å². The molecule has 1 aliphatic heterocycles. The van der Waals surface area contributed by atoms with Gasteiger partial charge in [0.1, 0.15) is 5.75 Å². The molecule has 0 bridgehead atoms. The third-order valence-corrected chi connectivity index (χ3v) is 5.29. The molecule has 2 amide bonds. The molecule has 0 aromatic heterocycles. The minimum Gasteiger partial charge on any atom is -0.493 e. The zero-order valence-corrected chi connectivity index (χ0v) is 17.0. The topological polar surface area (TPSA) is 91.2 Å². The number of fused-ring (bicyclic) bond motifs is 1. The molecule has 0 fully saturated rings. The highest BCUT2D eigenvalue weighted by atomic mass is 16.5. The van der Waals surface area contributed by atoms with Gasteiger partial charge in [0, 0.05) is 30.2 Å². The predicted octanol–water partition coefficient (Wildman–Crippen LogP) is 3.84. The predicted molar refractivity (Wildman–Crippen MR) is 117 cm³/mol. The Kier molecular flexibility index (Phi) is 5.67. The molecule has 1 aliphatic rings. The van der Waals surface area contributed by atoms with Gasteiger partial charge in [0.25, 0.3) is 11.8 Å². The summed E-state index contributed by atoms with van der Waals surface area (Å²) < 4.78 is 5.79. The lowest BCUT2D eigenvalue weighted by Crippen LogP contribution is -2.32. The number of nitrogens with zero attached hydrogens (tertiary/aromatic N) is 1. The monoisotopic (exact) mass is 411 g/mol. The van der Waals surface area contributed by atoms with E-state index < -0.39 is 0 Å². The highest BCUT2D eigenvalue weighted by Gasteiger charge is 2.24. The van der Waals surface area contributed by atoms with Crippen molar-refractivity contribution in [3.63, 3.8) is 0 Å². The molecule has 3 aromatic rings. The van der Waals surface area contributed by atoms with Gasteiger partial charge >= 0.3 is 0 Å². The fourth-order valence-electron chi connectivity index (χ4n) is 3.68. The van der Waals surface area contributed by atoms with E-state index in [1.54, 1.807) is 37.4 Å². The Labute approximate surface area is 180 Å². The molecule has 1 unspecified atom stereocenters. The van der Waals surface area contributed by atoms with Gasteiger partial charge in [0.2, 0.25) is 0 Å². The normalized spacial score (nSPS) is 14.5. The van der Waals surface area contributed by atoms with Crippen LogP contribution in [0.15, 0.2) is 66.7 Å². The van der Waals surface area contributed by atoms with Crippen molar-refractivity contribution in [1.29, 1.82) is 5.26 Å². The van der Waals surface area contributed by atoms with E-state index in [-0.39, 0.29) is 17.9 Å². The zero-order valence-electron chi connectivity index (χ0n) is 17.0. The first-order valence-electron chi connectivity index (χ1n) is 9.99. The molecule has 0 radical (unpaired) electrons. The van der Waals surface area contributed by atoms with E-state index in [1.165, 1.54) is 0 Å². The zero-order chi connectivity index (χ0) is 21.8. The fourth-order valence-corrected chi connectivity index (χ4v) is 3.68. The van der Waals surface area contributed by atoms with E-state index in [1.807, 2.05) is 36.4 Å². The fraction of sp³-hybridized carbons (Fsp3) is 0.160. The Morgan fingerprint density at radius 3 is 2.48 bits per heavy atom. The number of amides is 2. The number of hydrogen-bond acceptors (Lipinski definition) is 4. The third kappa shape index (κ3) is 4.26. The van der Waals surface area contributed by atoms with Crippen molar-refractivity contribution < 1.29 is 14.3 Å². The molecule has 31 heavy (non-hydrogen) atoms. The van der Waals surface area contributed by atoms with Crippen LogP contribution in [0.25, 0.3) is 11.1 Å². The Bertz CT molecular complexity index is 1200. The van der Waals surface area contributed by atoms with Crippen LogP contribution in [0.5, 0.6) is 5.75 Å². The summed E-state index contributed by atoms with van der Waals surface area (Å²) in [5, 5.41) is 14.8. The third-order valence-electron chi connectivity index (χ3n) is 5.29. The van der Waals surface area contributed by atoms with Crippen LogP contribution in [-0.2, 0) is 0 Å². The Hall–Kier alpha value is -4.11. The van der Waals surface area contributed by atoms with Gasteiger partial charge in [0.05, 0.1) is 24.3 Å². The smallest absolute Gasteiger partial charge is 0.251 e. The van der Waals surface area contributed by atoms with Gasteiger partial charge in [-0.2, -0.15) is 5.26 Å². The average molecular weight is 411 g/mol. The van der Waals surface area contributed by atoms with Crippen molar-refractivity contribution in [2.45, 2.75) is 12.5 Å². The standard InChI is InChI=1S/C25H21N3O3/c1-27-24(29)20-7-3-5-17(13-20)18-8-9-23-21(14-18)22(10-11-31-23)28-25(30)19-6-2-4-16(12-19)15-26/h2-9,12-14,22H,10-11H2,1H3,(H,27,29)(H,28,30). The summed E-state index contributed by atoms with van der Waals surface area (Å²) in [5.41, 5.74) is 4.19. The number of carbonyl (C=O) groups is 2. The van der Waals surface area contributed by atoms with Crippen LogP contribution in [0.4, 0.5) is 0 Å². The lowest BCUT2D eigenvalue weighted by Gasteiger charge is -2.27. The maximum atomic E-state index is 12.8. The van der Waals surface area contributed by atoms with Crippen molar-refractivity contribution in [3.05, 3.63) is 89.0 Å². The molecule has 0 aliphatic carbocycles. The second kappa shape index (κ2) is 8.72. The molecule has 6 nitrogen and oxygen atoms in total. The minimum atomic E-state index is -0.234. The number of hydrogen-bond donors (Lipinski definition) is 2. The van der Waals surface area contributed by atoms with Crippen molar-refractivity contribution in [1.82, 2.24) is 10.6 Å². The second-order valence-electron chi connectivity index (χ2n) is 7.27. The Morgan fingerprint density at radius 2 is 1.71 bits per heavy atom. The van der Waals surface area contributed by atoms with E-state index in [9.17, 15) is 9.59 Å². The van der Waals surface area contributed by atoms with Crippen LogP contribution in [0, 0.1) is 11.3 Å². The average Bonchev–Trinajstić information content (AvgIpc) is 2.83. The number of benzene rings is 3. The number of carbonyl (C=O) groups excluding carboxylic acids is 2. The summed E-state index contributed by atoms with van der Waals surface area (Å²) in [6, 6.07) is 21.7. The highest BCUT2D eigenvalue weighted by Crippen LogP contribution is 2.36.